The van der Waals surface area contributed by atoms with E-state index in [1.807, 2.05) is 0 Å². The van der Waals surface area contributed by atoms with Gasteiger partial charge in [-0.15, -0.1) is 0 Å². The van der Waals surface area contributed by atoms with Crippen LogP contribution in [0.1, 0.15) is 16.1 Å². The van der Waals surface area contributed by atoms with Gasteiger partial charge in [0, 0.05) is 0 Å². The average Bonchev–Trinajstić information content (AvgIpc) is 2.04. The molecule has 1 N–H and O–H groups in total. The Labute approximate surface area is 73.0 Å². The molecule has 0 amide bonds. The van der Waals surface area contributed by atoms with Crippen LogP contribution in [0.5, 0.6) is 5.75 Å². The molecule has 1 rings (SSSR count). The summed E-state index contributed by atoms with van der Waals surface area (Å²) in [5.74, 6) is -0.196. The first-order chi connectivity index (χ1) is 5.65. The number of hydrogen-bond acceptors (Lipinski definition) is 4. The van der Waals surface area contributed by atoms with E-state index in [2.05, 4.69) is 4.98 Å². The predicted molar refractivity (Wildman–Crippen MR) is 40.8 cm³/mol. The van der Waals surface area contributed by atoms with E-state index in [1.165, 1.54) is 0 Å². The molecule has 0 bridgehead atoms. The van der Waals surface area contributed by atoms with E-state index in [1.54, 1.807) is 6.07 Å². The molecule has 5 heteroatoms. The summed E-state index contributed by atoms with van der Waals surface area (Å²) in [6.07, 6.45) is 1.07. The highest BCUT2D eigenvalue weighted by atomic mass is 35.5. The van der Waals surface area contributed by atoms with Gasteiger partial charge in [0.25, 0.3) is 5.24 Å². The number of pyridine rings is 1. The number of nitriles is 1. The Morgan fingerprint density at radius 2 is 2.42 bits per heavy atom. The number of carbonyl (C=O) groups is 1. The highest BCUT2D eigenvalue weighted by Gasteiger charge is 2.10. The molecule has 0 aromatic carbocycles. The van der Waals surface area contributed by atoms with E-state index in [0.29, 0.717) is 0 Å². The Kier molecular flexibility index (Phi) is 2.26. The van der Waals surface area contributed by atoms with Gasteiger partial charge in [-0.25, -0.2) is 4.98 Å². The van der Waals surface area contributed by atoms with Crippen LogP contribution in [0.25, 0.3) is 0 Å². The van der Waals surface area contributed by atoms with Gasteiger partial charge in [-0.1, -0.05) is 0 Å². The molecule has 12 heavy (non-hydrogen) atoms. The van der Waals surface area contributed by atoms with E-state index in [4.69, 9.17) is 22.0 Å². The maximum absolute atomic E-state index is 10.6. The molecule has 0 aliphatic heterocycles. The number of hydrogen-bond donors (Lipinski definition) is 1. The summed E-state index contributed by atoms with van der Waals surface area (Å²) in [6.45, 7) is 0. The van der Waals surface area contributed by atoms with Gasteiger partial charge in [-0.2, -0.15) is 5.26 Å². The summed E-state index contributed by atoms with van der Waals surface area (Å²) in [6, 6.07) is 2.77. The average molecular weight is 183 g/mol. The zero-order valence-electron chi connectivity index (χ0n) is 5.78. The minimum Gasteiger partial charge on any atom is -0.506 e. The second-order valence-electron chi connectivity index (χ2n) is 1.98. The molecule has 1 aromatic heterocycles. The van der Waals surface area contributed by atoms with Gasteiger partial charge in [-0.05, 0) is 17.7 Å². The Bertz CT molecular complexity index is 370. The fraction of sp³-hybridized carbons (Fsp3) is 0. The third kappa shape index (κ3) is 1.52. The molecule has 0 fully saturated rings. The molecule has 0 radical (unpaired) electrons. The highest BCUT2D eigenvalue weighted by molar-refractivity contribution is 6.68. The van der Waals surface area contributed by atoms with Crippen molar-refractivity contribution in [1.82, 2.24) is 4.98 Å². The number of halogens is 1. The van der Waals surface area contributed by atoms with Gasteiger partial charge < -0.3 is 5.11 Å². The van der Waals surface area contributed by atoms with Crippen LogP contribution in [0.3, 0.4) is 0 Å². The summed E-state index contributed by atoms with van der Waals surface area (Å²) in [5.41, 5.74) is -0.174. The lowest BCUT2D eigenvalue weighted by molar-refractivity contribution is 0.108. The second-order valence-corrected chi connectivity index (χ2v) is 2.32. The van der Waals surface area contributed by atoms with Crippen molar-refractivity contribution in [3.63, 3.8) is 0 Å². The van der Waals surface area contributed by atoms with Crippen molar-refractivity contribution >= 4 is 16.8 Å². The van der Waals surface area contributed by atoms with Gasteiger partial charge in [0.05, 0.1) is 11.8 Å². The maximum Gasteiger partial charge on any atom is 0.255 e. The zero-order chi connectivity index (χ0) is 9.14. The molecule has 4 nitrogen and oxygen atoms in total. The van der Waals surface area contributed by atoms with E-state index >= 15 is 0 Å². The minimum atomic E-state index is -0.810. The van der Waals surface area contributed by atoms with Crippen molar-refractivity contribution in [2.24, 2.45) is 0 Å². The van der Waals surface area contributed by atoms with Gasteiger partial charge in [0.2, 0.25) is 0 Å². The largest absolute Gasteiger partial charge is 0.506 e. The standard InChI is InChI=1S/C7H3ClN2O2/c8-7(12)5-1-4(11)3-10-6(5)2-9/h1,3,11H. The van der Waals surface area contributed by atoms with Crippen LogP contribution in [0, 0.1) is 11.3 Å². The fourth-order valence-electron chi connectivity index (χ4n) is 0.693. The molecule has 0 aliphatic carbocycles. The van der Waals surface area contributed by atoms with E-state index < -0.39 is 5.24 Å². The van der Waals surface area contributed by atoms with Crippen molar-refractivity contribution in [2.45, 2.75) is 0 Å². The number of nitrogens with zero attached hydrogens (tertiary/aromatic N) is 2. The number of carbonyl (C=O) groups excluding carboxylic acids is 1. The predicted octanol–water partition coefficient (Wildman–Crippen LogP) is 1.04. The molecule has 0 saturated carbocycles. The summed E-state index contributed by atoms with van der Waals surface area (Å²) in [5, 5.41) is 16.5. The van der Waals surface area contributed by atoms with E-state index in [9.17, 15) is 4.79 Å². The first-order valence-corrected chi connectivity index (χ1v) is 3.32. The monoisotopic (exact) mass is 182 g/mol. The SMILES string of the molecule is N#Cc1ncc(O)cc1C(=O)Cl. The lowest BCUT2D eigenvalue weighted by atomic mass is 10.2. The highest BCUT2D eigenvalue weighted by Crippen LogP contribution is 2.14. The topological polar surface area (TPSA) is 74.0 Å². The summed E-state index contributed by atoms with van der Waals surface area (Å²) >= 11 is 5.12. The first kappa shape index (κ1) is 8.50. The minimum absolute atomic E-state index is 0.0841. The van der Waals surface area contributed by atoms with Crippen molar-refractivity contribution < 1.29 is 9.90 Å². The van der Waals surface area contributed by atoms with Gasteiger partial charge in [-0.3, -0.25) is 4.79 Å². The van der Waals surface area contributed by atoms with Crippen LogP contribution in [0.15, 0.2) is 12.3 Å². The third-order valence-corrected chi connectivity index (χ3v) is 1.39. The molecule has 0 atom stereocenters. The van der Waals surface area contributed by atoms with Crippen LogP contribution in [-0.2, 0) is 0 Å². The molecule has 1 aromatic rings. The lowest BCUT2D eigenvalue weighted by Gasteiger charge is -1.96. The van der Waals surface area contributed by atoms with E-state index in [0.717, 1.165) is 12.3 Å². The number of aromatic nitrogens is 1. The summed E-state index contributed by atoms with van der Waals surface area (Å²) in [4.78, 5) is 14.1. The van der Waals surface area contributed by atoms with Crippen molar-refractivity contribution in [3.8, 4) is 11.8 Å². The van der Waals surface area contributed by atoms with Gasteiger partial charge in [0.15, 0.2) is 5.69 Å². The Hall–Kier alpha value is -1.60. The van der Waals surface area contributed by atoms with Crippen LogP contribution in [0.4, 0.5) is 0 Å². The summed E-state index contributed by atoms with van der Waals surface area (Å²) < 4.78 is 0. The molecule has 60 valence electrons. The van der Waals surface area contributed by atoms with Crippen LogP contribution in [0.2, 0.25) is 0 Å². The van der Waals surface area contributed by atoms with Crippen molar-refractivity contribution in [2.75, 3.05) is 0 Å². The molecular formula is C7H3ClN2O2. The molecule has 0 unspecified atom stereocenters. The Morgan fingerprint density at radius 3 is 2.92 bits per heavy atom. The molecular weight excluding hydrogens is 180 g/mol. The third-order valence-electron chi connectivity index (χ3n) is 1.19. The van der Waals surface area contributed by atoms with Crippen LogP contribution >= 0.6 is 11.6 Å². The van der Waals surface area contributed by atoms with Crippen molar-refractivity contribution in [3.05, 3.63) is 23.5 Å². The van der Waals surface area contributed by atoms with Gasteiger partial charge >= 0.3 is 0 Å². The molecule has 1 heterocycles. The quantitative estimate of drug-likeness (QED) is 0.659. The van der Waals surface area contributed by atoms with Crippen LogP contribution in [-0.4, -0.2) is 15.3 Å². The second kappa shape index (κ2) is 3.20. The molecule has 0 spiro atoms. The van der Waals surface area contributed by atoms with E-state index in [-0.39, 0.29) is 17.0 Å². The smallest absolute Gasteiger partial charge is 0.255 e. The maximum atomic E-state index is 10.6. The zero-order valence-corrected chi connectivity index (χ0v) is 6.54. The normalized spacial score (nSPS) is 9.00. The lowest BCUT2D eigenvalue weighted by Crippen LogP contribution is -1.96. The molecule has 0 aliphatic rings. The number of aromatic hydroxyl groups is 1. The Morgan fingerprint density at radius 1 is 1.75 bits per heavy atom. The number of rotatable bonds is 1. The van der Waals surface area contributed by atoms with Gasteiger partial charge in [0.1, 0.15) is 11.8 Å². The van der Waals surface area contributed by atoms with Crippen molar-refractivity contribution in [1.29, 1.82) is 5.26 Å². The Balaban J connectivity index is 3.34. The van der Waals surface area contributed by atoms with Crippen LogP contribution < -0.4 is 0 Å². The fourth-order valence-corrected chi connectivity index (χ4v) is 0.837. The first-order valence-electron chi connectivity index (χ1n) is 2.94. The molecule has 0 saturated heterocycles. The summed E-state index contributed by atoms with van der Waals surface area (Å²) in [7, 11) is 0.